The van der Waals surface area contributed by atoms with Crippen molar-refractivity contribution < 1.29 is 14.4 Å². The third-order valence-corrected chi connectivity index (χ3v) is 2.47. The molecule has 2 heterocycles. The molecule has 0 saturated carbocycles. The Kier molecular flexibility index (Phi) is 2.34. The van der Waals surface area contributed by atoms with E-state index in [1.165, 1.54) is 0 Å². The van der Waals surface area contributed by atoms with Crippen LogP contribution in [0.3, 0.4) is 0 Å². The molecule has 1 aromatic carbocycles. The van der Waals surface area contributed by atoms with E-state index in [-0.39, 0.29) is 12.4 Å². The van der Waals surface area contributed by atoms with Gasteiger partial charge >= 0.3 is 0 Å². The molecule has 0 unspecified atom stereocenters. The van der Waals surface area contributed by atoms with Gasteiger partial charge in [0.25, 0.3) is 11.8 Å². The van der Waals surface area contributed by atoms with Crippen molar-refractivity contribution in [2.75, 3.05) is 0 Å². The minimum atomic E-state index is -0.487. The topological polar surface area (TPSA) is 101 Å². The van der Waals surface area contributed by atoms with Gasteiger partial charge in [-0.3, -0.25) is 14.4 Å². The maximum Gasteiger partial charge on any atom is 0.285 e. The Morgan fingerprint density at radius 2 is 1.83 bits per heavy atom. The summed E-state index contributed by atoms with van der Waals surface area (Å²) in [6, 6.07) is 6.53. The van der Waals surface area contributed by atoms with Crippen LogP contribution < -0.4 is 0 Å². The van der Waals surface area contributed by atoms with Crippen LogP contribution in [0.25, 0.3) is 0 Å². The number of aromatic nitrogens is 4. The summed E-state index contributed by atoms with van der Waals surface area (Å²) in [6.45, 7) is -0.109. The van der Waals surface area contributed by atoms with Crippen molar-refractivity contribution in [2.45, 2.75) is 6.61 Å². The standard InChI is InChI=1S/C10H7N5O3/c16-9-6-3-1-2-4-7(6)10(17)15(9)18-5-8-11-13-14-12-8/h1-4H,5H2,(H,11,12,13,14). The summed E-state index contributed by atoms with van der Waals surface area (Å²) < 4.78 is 0. The average Bonchev–Trinajstić information content (AvgIpc) is 2.98. The molecule has 1 N–H and O–H groups in total. The number of amides is 2. The van der Waals surface area contributed by atoms with E-state index in [0.29, 0.717) is 16.2 Å². The summed E-state index contributed by atoms with van der Waals surface area (Å²) in [5.74, 6) is -0.718. The number of hydrogen-bond donors (Lipinski definition) is 1. The lowest BCUT2D eigenvalue weighted by Crippen LogP contribution is -2.29. The summed E-state index contributed by atoms with van der Waals surface area (Å²) in [6.07, 6.45) is 0. The Morgan fingerprint density at radius 1 is 1.17 bits per heavy atom. The van der Waals surface area contributed by atoms with Crippen LogP contribution >= 0.6 is 0 Å². The first-order chi connectivity index (χ1) is 8.77. The summed E-state index contributed by atoms with van der Waals surface area (Å²) in [5.41, 5.74) is 0.659. The van der Waals surface area contributed by atoms with Gasteiger partial charge in [-0.1, -0.05) is 17.3 Å². The number of fused-ring (bicyclic) bond motifs is 1. The van der Waals surface area contributed by atoms with E-state index < -0.39 is 11.8 Å². The number of hydroxylamine groups is 2. The fourth-order valence-corrected chi connectivity index (χ4v) is 1.65. The van der Waals surface area contributed by atoms with E-state index >= 15 is 0 Å². The van der Waals surface area contributed by atoms with E-state index in [1.54, 1.807) is 24.3 Å². The Bertz CT molecular complexity index is 575. The van der Waals surface area contributed by atoms with Gasteiger partial charge in [-0.2, -0.15) is 5.21 Å². The maximum absolute atomic E-state index is 11.9. The molecular formula is C10H7N5O3. The molecule has 2 amide bonds. The number of nitrogens with zero attached hydrogens (tertiary/aromatic N) is 4. The summed E-state index contributed by atoms with van der Waals surface area (Å²) >= 11 is 0. The maximum atomic E-state index is 11.9. The molecule has 2 aromatic rings. The van der Waals surface area contributed by atoms with Crippen molar-refractivity contribution in [3.8, 4) is 0 Å². The molecule has 0 atom stereocenters. The number of tetrazole rings is 1. The van der Waals surface area contributed by atoms with Crippen LogP contribution in [0.2, 0.25) is 0 Å². The van der Waals surface area contributed by atoms with Gasteiger partial charge in [0.05, 0.1) is 11.1 Å². The number of carbonyl (C=O) groups excluding carboxylic acids is 2. The number of imide groups is 1. The SMILES string of the molecule is O=C1c2ccccc2C(=O)N1OCc1nn[nH]n1. The highest BCUT2D eigenvalue weighted by molar-refractivity contribution is 6.20. The second kappa shape index (κ2) is 4.00. The Labute approximate surface area is 101 Å². The molecule has 8 heteroatoms. The third-order valence-electron chi connectivity index (χ3n) is 2.47. The number of hydrogen-bond acceptors (Lipinski definition) is 6. The summed E-state index contributed by atoms with van der Waals surface area (Å²) in [4.78, 5) is 28.9. The first kappa shape index (κ1) is 10.5. The van der Waals surface area contributed by atoms with E-state index in [4.69, 9.17) is 4.84 Å². The van der Waals surface area contributed by atoms with Gasteiger partial charge in [0, 0.05) is 0 Å². The van der Waals surface area contributed by atoms with Gasteiger partial charge in [0.2, 0.25) is 5.82 Å². The number of carbonyl (C=O) groups is 2. The molecule has 0 radical (unpaired) electrons. The van der Waals surface area contributed by atoms with Crippen molar-refractivity contribution in [1.82, 2.24) is 25.7 Å². The van der Waals surface area contributed by atoms with E-state index in [0.717, 1.165) is 0 Å². The molecule has 1 aromatic heterocycles. The normalized spacial score (nSPS) is 14.1. The first-order valence-electron chi connectivity index (χ1n) is 5.10. The Morgan fingerprint density at radius 3 is 2.39 bits per heavy atom. The zero-order valence-electron chi connectivity index (χ0n) is 9.03. The predicted molar refractivity (Wildman–Crippen MR) is 55.9 cm³/mol. The van der Waals surface area contributed by atoms with Crippen molar-refractivity contribution >= 4 is 11.8 Å². The highest BCUT2D eigenvalue weighted by Crippen LogP contribution is 2.22. The lowest BCUT2D eigenvalue weighted by atomic mass is 10.1. The minimum absolute atomic E-state index is 0.109. The zero-order chi connectivity index (χ0) is 12.5. The van der Waals surface area contributed by atoms with Crippen molar-refractivity contribution in [3.63, 3.8) is 0 Å². The van der Waals surface area contributed by atoms with Gasteiger partial charge in [-0.15, -0.1) is 15.3 Å². The molecule has 18 heavy (non-hydrogen) atoms. The van der Waals surface area contributed by atoms with Crippen LogP contribution in [0, 0.1) is 0 Å². The van der Waals surface area contributed by atoms with Crippen LogP contribution in [-0.4, -0.2) is 37.5 Å². The molecular weight excluding hydrogens is 238 g/mol. The molecule has 90 valence electrons. The highest BCUT2D eigenvalue weighted by Gasteiger charge is 2.36. The van der Waals surface area contributed by atoms with Crippen molar-refractivity contribution in [2.24, 2.45) is 0 Å². The largest absolute Gasteiger partial charge is 0.285 e. The number of nitrogens with one attached hydrogen (secondary N) is 1. The first-order valence-corrected chi connectivity index (χ1v) is 5.10. The molecule has 1 aliphatic rings. The number of aromatic amines is 1. The number of rotatable bonds is 3. The lowest BCUT2D eigenvalue weighted by Gasteiger charge is -2.11. The number of H-pyrrole nitrogens is 1. The quantitative estimate of drug-likeness (QED) is 0.759. The van der Waals surface area contributed by atoms with Crippen LogP contribution in [0.5, 0.6) is 0 Å². The second-order valence-electron chi connectivity index (χ2n) is 3.55. The summed E-state index contributed by atoms with van der Waals surface area (Å²) in [7, 11) is 0. The van der Waals surface area contributed by atoms with Gasteiger partial charge in [0.1, 0.15) is 6.61 Å². The lowest BCUT2D eigenvalue weighted by molar-refractivity contribution is -0.103. The molecule has 8 nitrogen and oxygen atoms in total. The monoisotopic (exact) mass is 245 g/mol. The molecule has 1 aliphatic heterocycles. The summed E-state index contributed by atoms with van der Waals surface area (Å²) in [5, 5.41) is 13.6. The molecule has 0 saturated heterocycles. The second-order valence-corrected chi connectivity index (χ2v) is 3.55. The van der Waals surface area contributed by atoms with Crippen LogP contribution in [0.15, 0.2) is 24.3 Å². The van der Waals surface area contributed by atoms with Gasteiger partial charge in [-0.25, -0.2) is 0 Å². The Balaban J connectivity index is 1.80. The molecule has 0 aliphatic carbocycles. The molecule has 3 rings (SSSR count). The van der Waals surface area contributed by atoms with E-state index in [1.807, 2.05) is 0 Å². The van der Waals surface area contributed by atoms with Gasteiger partial charge in [0.15, 0.2) is 0 Å². The van der Waals surface area contributed by atoms with Crippen LogP contribution in [0.1, 0.15) is 26.5 Å². The van der Waals surface area contributed by atoms with Crippen LogP contribution in [0.4, 0.5) is 0 Å². The van der Waals surface area contributed by atoms with Gasteiger partial charge in [-0.05, 0) is 12.1 Å². The van der Waals surface area contributed by atoms with Crippen molar-refractivity contribution in [3.05, 3.63) is 41.2 Å². The predicted octanol–water partition coefficient (Wildman–Crippen LogP) is -0.0725. The third kappa shape index (κ3) is 1.55. The van der Waals surface area contributed by atoms with Crippen LogP contribution in [-0.2, 0) is 11.4 Å². The smallest absolute Gasteiger partial charge is 0.266 e. The zero-order valence-corrected chi connectivity index (χ0v) is 9.03. The van der Waals surface area contributed by atoms with E-state index in [2.05, 4.69) is 20.6 Å². The fourth-order valence-electron chi connectivity index (χ4n) is 1.65. The van der Waals surface area contributed by atoms with E-state index in [9.17, 15) is 9.59 Å². The van der Waals surface area contributed by atoms with Crippen molar-refractivity contribution in [1.29, 1.82) is 0 Å². The molecule has 0 bridgehead atoms. The average molecular weight is 245 g/mol. The molecule has 0 spiro atoms. The molecule has 0 fully saturated rings. The Hall–Kier alpha value is -2.61. The minimum Gasteiger partial charge on any atom is -0.266 e. The highest BCUT2D eigenvalue weighted by atomic mass is 16.7. The van der Waals surface area contributed by atoms with Gasteiger partial charge < -0.3 is 0 Å². The number of benzene rings is 1. The fraction of sp³-hybridized carbons (Fsp3) is 0.100.